The lowest BCUT2D eigenvalue weighted by molar-refractivity contribution is 0.199. The molecule has 96 valence electrons. The summed E-state index contributed by atoms with van der Waals surface area (Å²) in [4.78, 5) is 2.29. The molecule has 2 rings (SSSR count). The van der Waals surface area contributed by atoms with Gasteiger partial charge in [-0.2, -0.15) is 5.26 Å². The molecule has 1 N–H and O–H groups in total. The van der Waals surface area contributed by atoms with Crippen molar-refractivity contribution in [1.29, 1.82) is 5.26 Å². The first-order chi connectivity index (χ1) is 8.61. The van der Waals surface area contributed by atoms with Crippen LogP contribution in [0.4, 0.5) is 5.69 Å². The van der Waals surface area contributed by atoms with E-state index < -0.39 is 6.10 Å². The van der Waals surface area contributed by atoms with Crippen LogP contribution in [-0.4, -0.2) is 18.2 Å². The van der Waals surface area contributed by atoms with Gasteiger partial charge >= 0.3 is 0 Å². The number of aliphatic hydroxyl groups excluding tert-OH is 1. The first-order valence-electron chi connectivity index (χ1n) is 6.59. The highest BCUT2D eigenvalue weighted by molar-refractivity contribution is 5.58. The van der Waals surface area contributed by atoms with Gasteiger partial charge in [0.1, 0.15) is 0 Å². The van der Waals surface area contributed by atoms with Crippen LogP contribution in [0.2, 0.25) is 0 Å². The monoisotopic (exact) mass is 244 g/mol. The van der Waals surface area contributed by atoms with Crippen molar-refractivity contribution in [3.63, 3.8) is 0 Å². The van der Waals surface area contributed by atoms with Gasteiger partial charge in [0, 0.05) is 24.3 Å². The van der Waals surface area contributed by atoms with Gasteiger partial charge in [-0.15, -0.1) is 0 Å². The van der Waals surface area contributed by atoms with Crippen LogP contribution >= 0.6 is 0 Å². The van der Waals surface area contributed by atoms with Crippen molar-refractivity contribution in [2.75, 3.05) is 18.0 Å². The summed E-state index contributed by atoms with van der Waals surface area (Å²) in [6, 6.07) is 7.72. The topological polar surface area (TPSA) is 47.3 Å². The Kier molecular flexibility index (Phi) is 3.88. The van der Waals surface area contributed by atoms with E-state index in [9.17, 15) is 5.11 Å². The normalized spacial score (nSPS) is 18.4. The Hall–Kier alpha value is -1.53. The maximum atomic E-state index is 9.84. The molecular formula is C15H20N2O. The highest BCUT2D eigenvalue weighted by Crippen LogP contribution is 2.30. The Morgan fingerprint density at radius 1 is 1.39 bits per heavy atom. The van der Waals surface area contributed by atoms with E-state index in [4.69, 9.17) is 5.26 Å². The first kappa shape index (κ1) is 12.9. The Bertz CT molecular complexity index is 454. The second-order valence-corrected chi connectivity index (χ2v) is 5.23. The molecule has 1 aliphatic rings. The fraction of sp³-hybridized carbons (Fsp3) is 0.533. The Balaban J connectivity index is 2.32. The molecule has 0 bridgehead atoms. The molecule has 0 spiro atoms. The summed E-state index contributed by atoms with van der Waals surface area (Å²) in [5.74, 6) is 0.774. The SMILES string of the molecule is CC1CCN(c2cc(C#N)ccc2[C@@H](C)O)CC1. The lowest BCUT2D eigenvalue weighted by atomic mass is 9.97. The smallest absolute Gasteiger partial charge is 0.0992 e. The van der Waals surface area contributed by atoms with Gasteiger partial charge in [0.25, 0.3) is 0 Å². The third kappa shape index (κ3) is 2.65. The Labute approximate surface area is 109 Å². The molecule has 1 aromatic rings. The number of nitriles is 1. The Morgan fingerprint density at radius 3 is 2.61 bits per heavy atom. The number of hydrogen-bond acceptors (Lipinski definition) is 3. The van der Waals surface area contributed by atoms with Crippen molar-refractivity contribution in [2.24, 2.45) is 5.92 Å². The maximum Gasteiger partial charge on any atom is 0.0992 e. The summed E-state index contributed by atoms with van der Waals surface area (Å²) in [5.41, 5.74) is 2.60. The van der Waals surface area contributed by atoms with Crippen LogP contribution in [0, 0.1) is 17.2 Å². The molecule has 0 saturated carbocycles. The van der Waals surface area contributed by atoms with Crippen molar-refractivity contribution >= 4 is 5.69 Å². The zero-order valence-electron chi connectivity index (χ0n) is 11.1. The number of piperidine rings is 1. The minimum atomic E-state index is -0.493. The standard InChI is InChI=1S/C15H20N2O/c1-11-5-7-17(8-6-11)15-9-13(10-16)3-4-14(15)12(2)18/h3-4,9,11-12,18H,5-8H2,1-2H3/t12-/m1/s1. The largest absolute Gasteiger partial charge is 0.389 e. The van der Waals surface area contributed by atoms with Crippen molar-refractivity contribution in [2.45, 2.75) is 32.8 Å². The van der Waals surface area contributed by atoms with Gasteiger partial charge in [-0.25, -0.2) is 0 Å². The number of aliphatic hydroxyl groups is 1. The van der Waals surface area contributed by atoms with E-state index in [0.717, 1.165) is 30.3 Å². The van der Waals surface area contributed by atoms with Gasteiger partial charge in [-0.3, -0.25) is 0 Å². The molecule has 0 aromatic heterocycles. The molecule has 18 heavy (non-hydrogen) atoms. The van der Waals surface area contributed by atoms with Gasteiger partial charge in [0.05, 0.1) is 17.7 Å². The Morgan fingerprint density at radius 2 is 2.06 bits per heavy atom. The summed E-state index contributed by atoms with van der Waals surface area (Å²) in [5, 5.41) is 18.8. The van der Waals surface area contributed by atoms with Crippen LogP contribution in [-0.2, 0) is 0 Å². The molecular weight excluding hydrogens is 224 g/mol. The van der Waals surface area contributed by atoms with E-state index in [0.29, 0.717) is 5.56 Å². The number of rotatable bonds is 2. The van der Waals surface area contributed by atoms with Crippen LogP contribution < -0.4 is 4.90 Å². The molecule has 1 aliphatic heterocycles. The van der Waals surface area contributed by atoms with Crippen LogP contribution in [0.25, 0.3) is 0 Å². The number of hydrogen-bond donors (Lipinski definition) is 1. The summed E-state index contributed by atoms with van der Waals surface area (Å²) >= 11 is 0. The molecule has 1 saturated heterocycles. The fourth-order valence-corrected chi connectivity index (χ4v) is 2.49. The van der Waals surface area contributed by atoms with Gasteiger partial charge < -0.3 is 10.0 Å². The lowest BCUT2D eigenvalue weighted by Crippen LogP contribution is -2.33. The molecule has 0 radical (unpaired) electrons. The van der Waals surface area contributed by atoms with Crippen molar-refractivity contribution in [3.8, 4) is 6.07 Å². The summed E-state index contributed by atoms with van der Waals surface area (Å²) < 4.78 is 0. The van der Waals surface area contributed by atoms with Crippen LogP contribution in [0.5, 0.6) is 0 Å². The van der Waals surface area contributed by atoms with Crippen molar-refractivity contribution < 1.29 is 5.11 Å². The zero-order chi connectivity index (χ0) is 13.1. The van der Waals surface area contributed by atoms with Crippen LogP contribution in [0.15, 0.2) is 18.2 Å². The zero-order valence-corrected chi connectivity index (χ0v) is 11.1. The number of anilines is 1. The van der Waals surface area contributed by atoms with Gasteiger partial charge in [-0.1, -0.05) is 13.0 Å². The van der Waals surface area contributed by atoms with E-state index in [1.807, 2.05) is 12.1 Å². The first-order valence-corrected chi connectivity index (χ1v) is 6.59. The molecule has 1 fully saturated rings. The fourth-order valence-electron chi connectivity index (χ4n) is 2.49. The van der Waals surface area contributed by atoms with Crippen molar-refractivity contribution in [1.82, 2.24) is 0 Å². The summed E-state index contributed by atoms with van der Waals surface area (Å²) in [6.07, 6.45) is 1.86. The average molecular weight is 244 g/mol. The highest BCUT2D eigenvalue weighted by Gasteiger charge is 2.20. The molecule has 3 heteroatoms. The van der Waals surface area contributed by atoms with Crippen LogP contribution in [0.1, 0.15) is 43.9 Å². The highest BCUT2D eigenvalue weighted by atomic mass is 16.3. The number of nitrogens with zero attached hydrogens (tertiary/aromatic N) is 2. The minimum Gasteiger partial charge on any atom is -0.389 e. The molecule has 1 aromatic carbocycles. The minimum absolute atomic E-state index is 0.493. The van der Waals surface area contributed by atoms with Crippen molar-refractivity contribution in [3.05, 3.63) is 29.3 Å². The molecule has 1 atom stereocenters. The second kappa shape index (κ2) is 5.41. The molecule has 3 nitrogen and oxygen atoms in total. The summed E-state index contributed by atoms with van der Waals surface area (Å²) in [6.45, 7) is 6.07. The van der Waals surface area contributed by atoms with Gasteiger partial charge in [-0.05, 0) is 37.8 Å². The van der Waals surface area contributed by atoms with E-state index in [2.05, 4.69) is 17.9 Å². The van der Waals surface area contributed by atoms with Gasteiger partial charge in [0.15, 0.2) is 0 Å². The van der Waals surface area contributed by atoms with E-state index in [-0.39, 0.29) is 0 Å². The third-order valence-corrected chi connectivity index (χ3v) is 3.73. The third-order valence-electron chi connectivity index (χ3n) is 3.73. The maximum absolute atomic E-state index is 9.84. The predicted octanol–water partition coefficient (Wildman–Crippen LogP) is 2.85. The molecule has 0 amide bonds. The van der Waals surface area contributed by atoms with E-state index in [1.54, 1.807) is 13.0 Å². The quantitative estimate of drug-likeness (QED) is 0.870. The molecule has 1 heterocycles. The van der Waals surface area contributed by atoms with E-state index >= 15 is 0 Å². The van der Waals surface area contributed by atoms with Crippen LogP contribution in [0.3, 0.4) is 0 Å². The van der Waals surface area contributed by atoms with Gasteiger partial charge in [0.2, 0.25) is 0 Å². The molecule has 0 aliphatic carbocycles. The second-order valence-electron chi connectivity index (χ2n) is 5.23. The lowest BCUT2D eigenvalue weighted by Gasteiger charge is -2.34. The number of benzene rings is 1. The average Bonchev–Trinajstić information content (AvgIpc) is 2.38. The predicted molar refractivity (Wildman–Crippen MR) is 72.4 cm³/mol. The summed E-state index contributed by atoms with van der Waals surface area (Å²) in [7, 11) is 0. The molecule has 0 unspecified atom stereocenters. The van der Waals surface area contributed by atoms with E-state index in [1.165, 1.54) is 12.8 Å².